The van der Waals surface area contributed by atoms with Gasteiger partial charge in [-0.1, -0.05) is 32.3 Å². The number of rotatable bonds is 12. The van der Waals surface area contributed by atoms with Gasteiger partial charge in [0.2, 0.25) is 21.7 Å². The van der Waals surface area contributed by atoms with Crippen LogP contribution < -0.4 is 10.6 Å². The fourth-order valence-corrected chi connectivity index (χ4v) is 4.58. The van der Waals surface area contributed by atoms with Gasteiger partial charge in [0.1, 0.15) is 0 Å². The maximum Gasteiger partial charge on any atom is 0.246 e. The Kier molecular flexibility index (Phi) is 7.69. The number of furan rings is 1. The van der Waals surface area contributed by atoms with Crippen LogP contribution in [0.3, 0.4) is 0 Å². The Morgan fingerprint density at radius 1 is 1.06 bits per heavy atom. The fourth-order valence-electron chi connectivity index (χ4n) is 3.10. The number of nitrogens with one attached hydrogen (secondary N) is 2. The third-order valence-corrected chi connectivity index (χ3v) is 6.87. The molecular formula is C21H29N5O4S. The van der Waals surface area contributed by atoms with Crippen molar-refractivity contribution in [1.29, 1.82) is 0 Å². The molecule has 3 rings (SSSR count). The summed E-state index contributed by atoms with van der Waals surface area (Å²) in [4.78, 5) is 4.56. The van der Waals surface area contributed by atoms with E-state index in [1.54, 1.807) is 36.6 Å². The molecule has 0 spiro atoms. The van der Waals surface area contributed by atoms with Crippen molar-refractivity contribution in [3.8, 4) is 11.6 Å². The van der Waals surface area contributed by atoms with Crippen molar-refractivity contribution >= 4 is 21.4 Å². The normalized spacial score (nSPS) is 11.7. The van der Waals surface area contributed by atoms with Gasteiger partial charge in [0.15, 0.2) is 5.76 Å². The second-order valence-electron chi connectivity index (χ2n) is 6.92. The number of benzene rings is 1. The van der Waals surface area contributed by atoms with Gasteiger partial charge in [-0.25, -0.2) is 8.42 Å². The first-order chi connectivity index (χ1) is 15.0. The maximum absolute atomic E-state index is 13.0. The van der Waals surface area contributed by atoms with Gasteiger partial charge in [0, 0.05) is 19.6 Å². The van der Waals surface area contributed by atoms with Gasteiger partial charge in [-0.15, -0.1) is 0 Å². The summed E-state index contributed by atoms with van der Waals surface area (Å²) in [5.74, 6) is 1.24. The monoisotopic (exact) mass is 447 g/mol. The van der Waals surface area contributed by atoms with Crippen molar-refractivity contribution in [3.05, 3.63) is 42.5 Å². The van der Waals surface area contributed by atoms with Crippen LogP contribution >= 0.6 is 0 Å². The quantitative estimate of drug-likeness (QED) is 0.398. The zero-order valence-corrected chi connectivity index (χ0v) is 18.9. The molecule has 0 saturated carbocycles. The van der Waals surface area contributed by atoms with Gasteiger partial charge in [-0.3, -0.25) is 0 Å². The van der Waals surface area contributed by atoms with Gasteiger partial charge < -0.3 is 19.6 Å². The third-order valence-electron chi connectivity index (χ3n) is 4.82. The first-order valence-electron chi connectivity index (χ1n) is 10.5. The topological polar surface area (TPSA) is 114 Å². The summed E-state index contributed by atoms with van der Waals surface area (Å²) in [5.41, 5.74) is 1.47. The predicted molar refractivity (Wildman–Crippen MR) is 119 cm³/mol. The smallest absolute Gasteiger partial charge is 0.246 e. The molecule has 3 aromatic rings. The first-order valence-corrected chi connectivity index (χ1v) is 11.9. The van der Waals surface area contributed by atoms with Crippen molar-refractivity contribution in [1.82, 2.24) is 14.4 Å². The third kappa shape index (κ3) is 5.45. The highest BCUT2D eigenvalue weighted by molar-refractivity contribution is 7.89. The highest BCUT2D eigenvalue weighted by atomic mass is 32.2. The molecule has 31 heavy (non-hydrogen) atoms. The summed E-state index contributed by atoms with van der Waals surface area (Å²) in [6.45, 7) is 7.62. The van der Waals surface area contributed by atoms with Crippen molar-refractivity contribution in [2.45, 2.75) is 45.1 Å². The lowest BCUT2D eigenvalue weighted by Gasteiger charge is -2.20. The minimum absolute atomic E-state index is 0.238. The van der Waals surface area contributed by atoms with Gasteiger partial charge in [0.05, 0.1) is 29.1 Å². The summed E-state index contributed by atoms with van der Waals surface area (Å²) in [7, 11) is -3.57. The van der Waals surface area contributed by atoms with Crippen LogP contribution in [0, 0.1) is 0 Å². The lowest BCUT2D eigenvalue weighted by molar-refractivity contribution is 0.382. The molecule has 0 radical (unpaired) electrons. The number of hydrogen-bond donors (Lipinski definition) is 2. The Hall–Kier alpha value is -2.85. The SMILES string of the molecule is CCCCNc1ccc(S(=O)(=O)N(CC)CC)cc1NCc1nc(-c2ccco2)no1. The maximum atomic E-state index is 13.0. The van der Waals surface area contributed by atoms with Crippen LogP contribution in [0.25, 0.3) is 11.6 Å². The zero-order valence-electron chi connectivity index (χ0n) is 18.1. The van der Waals surface area contributed by atoms with Crippen LogP contribution in [0.1, 0.15) is 39.5 Å². The standard InChI is InChI=1S/C21H29N5O4S/c1-4-7-12-22-17-11-10-16(31(27,28)26(5-2)6-3)14-18(17)23-15-20-24-21(25-30-20)19-9-8-13-29-19/h8-11,13-14,22-23H,4-7,12,15H2,1-3H3. The molecule has 0 aliphatic carbocycles. The number of anilines is 2. The van der Waals surface area contributed by atoms with E-state index in [9.17, 15) is 8.42 Å². The lowest BCUT2D eigenvalue weighted by Crippen LogP contribution is -2.30. The van der Waals surface area contributed by atoms with Crippen LogP contribution in [0.4, 0.5) is 11.4 Å². The van der Waals surface area contributed by atoms with Crippen LogP contribution in [0.2, 0.25) is 0 Å². The van der Waals surface area contributed by atoms with E-state index in [1.807, 2.05) is 13.8 Å². The van der Waals surface area contributed by atoms with Gasteiger partial charge in [-0.2, -0.15) is 9.29 Å². The second-order valence-corrected chi connectivity index (χ2v) is 8.86. The van der Waals surface area contributed by atoms with E-state index in [1.165, 1.54) is 4.31 Å². The summed E-state index contributed by atoms with van der Waals surface area (Å²) in [5, 5.41) is 10.5. The molecule has 1 aromatic carbocycles. The van der Waals surface area contributed by atoms with Gasteiger partial charge in [-0.05, 0) is 36.8 Å². The molecular weight excluding hydrogens is 418 g/mol. The van der Waals surface area contributed by atoms with E-state index in [2.05, 4.69) is 27.7 Å². The Bertz CT molecular complexity index is 1060. The summed E-state index contributed by atoms with van der Waals surface area (Å²) in [6.07, 6.45) is 3.61. The number of hydrogen-bond acceptors (Lipinski definition) is 8. The fraction of sp³-hybridized carbons (Fsp3) is 0.429. The average molecular weight is 448 g/mol. The first kappa shape index (κ1) is 22.8. The van der Waals surface area contributed by atoms with Crippen molar-refractivity contribution < 1.29 is 17.4 Å². The molecule has 0 saturated heterocycles. The molecule has 0 aliphatic heterocycles. The predicted octanol–water partition coefficient (Wildman–Crippen LogP) is 4.18. The molecule has 168 valence electrons. The summed E-state index contributed by atoms with van der Waals surface area (Å²) < 4.78 is 37.9. The van der Waals surface area contributed by atoms with Crippen molar-refractivity contribution in [2.75, 3.05) is 30.3 Å². The molecule has 2 heterocycles. The van der Waals surface area contributed by atoms with Crippen LogP contribution in [-0.2, 0) is 16.6 Å². The molecule has 9 nitrogen and oxygen atoms in total. The lowest BCUT2D eigenvalue weighted by atomic mass is 10.2. The Morgan fingerprint density at radius 3 is 2.55 bits per heavy atom. The molecule has 2 N–H and O–H groups in total. The number of unbranched alkanes of at least 4 members (excludes halogenated alkanes) is 1. The van der Waals surface area contributed by atoms with E-state index < -0.39 is 10.0 Å². The minimum atomic E-state index is -3.57. The average Bonchev–Trinajstić information content (AvgIpc) is 3.45. The highest BCUT2D eigenvalue weighted by Gasteiger charge is 2.23. The molecule has 0 atom stereocenters. The molecule has 0 unspecified atom stereocenters. The summed E-state index contributed by atoms with van der Waals surface area (Å²) in [6, 6.07) is 8.57. The van der Waals surface area contributed by atoms with Gasteiger partial charge in [0.25, 0.3) is 0 Å². The molecule has 0 bridgehead atoms. The second kappa shape index (κ2) is 10.5. The van der Waals surface area contributed by atoms with Gasteiger partial charge >= 0.3 is 0 Å². The zero-order chi connectivity index (χ0) is 22.3. The van der Waals surface area contributed by atoms with E-state index in [-0.39, 0.29) is 11.4 Å². The number of sulfonamides is 1. The largest absolute Gasteiger partial charge is 0.461 e. The highest BCUT2D eigenvalue weighted by Crippen LogP contribution is 2.28. The molecule has 10 heteroatoms. The Morgan fingerprint density at radius 2 is 1.87 bits per heavy atom. The number of aromatic nitrogens is 2. The molecule has 2 aromatic heterocycles. The van der Waals surface area contributed by atoms with E-state index in [4.69, 9.17) is 8.94 Å². The molecule has 0 fully saturated rings. The summed E-state index contributed by atoms with van der Waals surface area (Å²) >= 11 is 0. The van der Waals surface area contributed by atoms with Crippen molar-refractivity contribution in [2.24, 2.45) is 0 Å². The molecule has 0 amide bonds. The van der Waals surface area contributed by atoms with E-state index in [0.717, 1.165) is 25.1 Å². The van der Waals surface area contributed by atoms with E-state index >= 15 is 0 Å². The van der Waals surface area contributed by atoms with E-state index in [0.29, 0.717) is 36.3 Å². The Balaban J connectivity index is 1.83. The minimum Gasteiger partial charge on any atom is -0.461 e. The van der Waals surface area contributed by atoms with Crippen molar-refractivity contribution in [3.63, 3.8) is 0 Å². The van der Waals surface area contributed by atoms with Crippen LogP contribution in [-0.4, -0.2) is 42.5 Å². The Labute approximate surface area is 182 Å². The molecule has 0 aliphatic rings. The van der Waals surface area contributed by atoms with Crippen LogP contribution in [0.5, 0.6) is 0 Å². The van der Waals surface area contributed by atoms with Crippen LogP contribution in [0.15, 0.2) is 50.4 Å². The number of nitrogens with zero attached hydrogens (tertiary/aromatic N) is 3.